The largest absolute Gasteiger partial charge is 0.378 e. The highest BCUT2D eigenvalue weighted by molar-refractivity contribution is 4.88. The van der Waals surface area contributed by atoms with Gasteiger partial charge in [-0.05, 0) is 25.8 Å². The molecule has 2 aliphatic rings. The van der Waals surface area contributed by atoms with Gasteiger partial charge in [-0.15, -0.1) is 0 Å². The van der Waals surface area contributed by atoms with Crippen molar-refractivity contribution >= 4 is 0 Å². The first-order valence-electron chi connectivity index (χ1n) is 4.57. The molecule has 11 heavy (non-hydrogen) atoms. The van der Waals surface area contributed by atoms with E-state index in [2.05, 4.69) is 18.9 Å². The molecule has 2 atom stereocenters. The number of fused-ring (bicyclic) bond motifs is 2. The van der Waals surface area contributed by atoms with Crippen molar-refractivity contribution in [1.29, 1.82) is 0 Å². The molecule has 2 saturated heterocycles. The Balaban J connectivity index is 2.07. The monoisotopic (exact) mass is 155 g/mol. The third-order valence-corrected chi connectivity index (χ3v) is 3.12. The van der Waals surface area contributed by atoms with Crippen LogP contribution in [-0.4, -0.2) is 37.2 Å². The van der Waals surface area contributed by atoms with Crippen molar-refractivity contribution in [2.45, 2.75) is 31.8 Å². The molecule has 0 spiro atoms. The molecule has 2 rings (SSSR count). The van der Waals surface area contributed by atoms with Gasteiger partial charge < -0.3 is 4.74 Å². The molecule has 0 aromatic heterocycles. The van der Waals surface area contributed by atoms with Crippen LogP contribution >= 0.6 is 0 Å². The maximum atomic E-state index is 5.51. The number of ether oxygens (including phenoxy) is 1. The van der Waals surface area contributed by atoms with E-state index in [1.807, 2.05) is 0 Å². The lowest BCUT2D eigenvalue weighted by atomic mass is 9.87. The van der Waals surface area contributed by atoms with E-state index in [-0.39, 0.29) is 0 Å². The summed E-state index contributed by atoms with van der Waals surface area (Å²) < 4.78 is 5.51. The lowest BCUT2D eigenvalue weighted by molar-refractivity contribution is -0.0724. The molecular formula is C9H17NO. The molecular weight excluding hydrogens is 138 g/mol. The van der Waals surface area contributed by atoms with E-state index in [1.165, 1.54) is 12.8 Å². The summed E-state index contributed by atoms with van der Waals surface area (Å²) in [6.45, 7) is 4.27. The zero-order valence-electron chi connectivity index (χ0n) is 7.42. The van der Waals surface area contributed by atoms with Crippen LogP contribution in [0.25, 0.3) is 0 Å². The lowest BCUT2D eigenvalue weighted by Gasteiger charge is -2.45. The first-order chi connectivity index (χ1) is 5.27. The van der Waals surface area contributed by atoms with Crippen LogP contribution in [0.5, 0.6) is 0 Å². The topological polar surface area (TPSA) is 12.5 Å². The summed E-state index contributed by atoms with van der Waals surface area (Å²) in [5, 5.41) is 0. The minimum atomic E-state index is 0.706. The molecule has 0 aliphatic carbocycles. The van der Waals surface area contributed by atoms with Crippen molar-refractivity contribution in [3.63, 3.8) is 0 Å². The van der Waals surface area contributed by atoms with Crippen molar-refractivity contribution in [1.82, 2.24) is 4.90 Å². The lowest BCUT2D eigenvalue weighted by Crippen LogP contribution is -2.54. The first kappa shape index (κ1) is 7.56. The van der Waals surface area contributed by atoms with Gasteiger partial charge in [0.1, 0.15) is 0 Å². The van der Waals surface area contributed by atoms with Crippen LogP contribution in [0, 0.1) is 5.92 Å². The maximum absolute atomic E-state index is 5.51. The minimum absolute atomic E-state index is 0.706. The molecule has 2 heteroatoms. The standard InChI is InChI=1S/C9H17NO/c1-7-3-8-5-11-6-9(4-7)10(8)2/h7-9H,3-6H2,1-2H3. The first-order valence-corrected chi connectivity index (χ1v) is 4.57. The molecule has 0 radical (unpaired) electrons. The second-order valence-electron chi connectivity index (χ2n) is 4.09. The minimum Gasteiger partial charge on any atom is -0.378 e. The Morgan fingerprint density at radius 1 is 1.18 bits per heavy atom. The van der Waals surface area contributed by atoms with Crippen LogP contribution in [0.3, 0.4) is 0 Å². The van der Waals surface area contributed by atoms with Gasteiger partial charge in [-0.25, -0.2) is 0 Å². The Kier molecular flexibility index (Phi) is 1.90. The number of likely N-dealkylation sites (N-methyl/N-ethyl adjacent to an activating group) is 1. The highest BCUT2D eigenvalue weighted by Crippen LogP contribution is 2.29. The molecule has 2 heterocycles. The number of nitrogens with zero attached hydrogens (tertiary/aromatic N) is 1. The SMILES string of the molecule is CC1CC2COCC(C1)N2C. The molecule has 2 fully saturated rings. The Morgan fingerprint density at radius 3 is 2.27 bits per heavy atom. The highest BCUT2D eigenvalue weighted by atomic mass is 16.5. The van der Waals surface area contributed by atoms with Gasteiger partial charge in [-0.2, -0.15) is 0 Å². The van der Waals surface area contributed by atoms with Gasteiger partial charge in [-0.3, -0.25) is 4.90 Å². The van der Waals surface area contributed by atoms with Crippen LogP contribution < -0.4 is 0 Å². The number of hydrogen-bond acceptors (Lipinski definition) is 2. The quantitative estimate of drug-likeness (QED) is 0.519. The number of rotatable bonds is 0. The second kappa shape index (κ2) is 2.76. The van der Waals surface area contributed by atoms with Gasteiger partial charge >= 0.3 is 0 Å². The summed E-state index contributed by atoms with van der Waals surface area (Å²) in [5.41, 5.74) is 0. The van der Waals surface area contributed by atoms with Crippen molar-refractivity contribution in [3.8, 4) is 0 Å². The molecule has 0 aromatic rings. The van der Waals surface area contributed by atoms with Crippen LogP contribution in [0.4, 0.5) is 0 Å². The molecule has 0 N–H and O–H groups in total. The third-order valence-electron chi connectivity index (χ3n) is 3.12. The summed E-state index contributed by atoms with van der Waals surface area (Å²) in [5.74, 6) is 0.907. The highest BCUT2D eigenvalue weighted by Gasteiger charge is 2.34. The summed E-state index contributed by atoms with van der Waals surface area (Å²) in [7, 11) is 2.24. The van der Waals surface area contributed by atoms with Crippen molar-refractivity contribution in [2.75, 3.05) is 20.3 Å². The van der Waals surface area contributed by atoms with Gasteiger partial charge in [0.25, 0.3) is 0 Å². The van der Waals surface area contributed by atoms with Gasteiger partial charge in [-0.1, -0.05) is 6.92 Å². The molecule has 2 bridgehead atoms. The van der Waals surface area contributed by atoms with E-state index >= 15 is 0 Å². The zero-order valence-corrected chi connectivity index (χ0v) is 7.42. The van der Waals surface area contributed by atoms with Crippen LogP contribution in [-0.2, 0) is 4.74 Å². The number of morpholine rings is 1. The van der Waals surface area contributed by atoms with Crippen molar-refractivity contribution < 1.29 is 4.74 Å². The Bertz CT molecular complexity index is 134. The van der Waals surface area contributed by atoms with Gasteiger partial charge in [0, 0.05) is 12.1 Å². The fourth-order valence-corrected chi connectivity index (χ4v) is 2.37. The van der Waals surface area contributed by atoms with Gasteiger partial charge in [0.05, 0.1) is 13.2 Å². The predicted molar refractivity (Wildman–Crippen MR) is 44.6 cm³/mol. The average molecular weight is 155 g/mol. The smallest absolute Gasteiger partial charge is 0.0622 e. The van der Waals surface area contributed by atoms with E-state index in [1.54, 1.807) is 0 Å². The molecule has 0 amide bonds. The fourth-order valence-electron chi connectivity index (χ4n) is 2.37. The van der Waals surface area contributed by atoms with E-state index in [0.29, 0.717) is 12.1 Å². The van der Waals surface area contributed by atoms with E-state index < -0.39 is 0 Å². The van der Waals surface area contributed by atoms with E-state index in [0.717, 1.165) is 19.1 Å². The van der Waals surface area contributed by atoms with E-state index in [4.69, 9.17) is 4.74 Å². The number of hydrogen-bond donors (Lipinski definition) is 0. The Labute approximate surface area is 68.5 Å². The van der Waals surface area contributed by atoms with Gasteiger partial charge in [0.2, 0.25) is 0 Å². The van der Waals surface area contributed by atoms with Crippen LogP contribution in [0.1, 0.15) is 19.8 Å². The molecule has 2 unspecified atom stereocenters. The normalized spacial score (nSPS) is 45.8. The molecule has 64 valence electrons. The number of piperidine rings is 1. The fraction of sp³-hybridized carbons (Fsp3) is 1.00. The van der Waals surface area contributed by atoms with Gasteiger partial charge in [0.15, 0.2) is 0 Å². The Hall–Kier alpha value is -0.0800. The van der Waals surface area contributed by atoms with Crippen molar-refractivity contribution in [2.24, 2.45) is 5.92 Å². The summed E-state index contributed by atoms with van der Waals surface area (Å²) >= 11 is 0. The molecule has 2 aliphatic heterocycles. The maximum Gasteiger partial charge on any atom is 0.0622 e. The summed E-state index contributed by atoms with van der Waals surface area (Å²) in [6.07, 6.45) is 2.65. The predicted octanol–water partition coefficient (Wildman–Crippen LogP) is 1.12. The second-order valence-corrected chi connectivity index (χ2v) is 4.09. The van der Waals surface area contributed by atoms with Crippen LogP contribution in [0.15, 0.2) is 0 Å². The average Bonchev–Trinajstić information content (AvgIpc) is 1.92. The van der Waals surface area contributed by atoms with Crippen LogP contribution in [0.2, 0.25) is 0 Å². The summed E-state index contributed by atoms with van der Waals surface area (Å²) in [4.78, 5) is 2.50. The zero-order chi connectivity index (χ0) is 7.84. The van der Waals surface area contributed by atoms with Crippen molar-refractivity contribution in [3.05, 3.63) is 0 Å². The molecule has 0 aromatic carbocycles. The summed E-state index contributed by atoms with van der Waals surface area (Å²) in [6, 6.07) is 1.41. The molecule has 2 nitrogen and oxygen atoms in total. The molecule has 0 saturated carbocycles. The Morgan fingerprint density at radius 2 is 1.73 bits per heavy atom. The van der Waals surface area contributed by atoms with E-state index in [9.17, 15) is 0 Å². The third kappa shape index (κ3) is 1.30.